The van der Waals surface area contributed by atoms with Crippen molar-refractivity contribution >= 4 is 10.3 Å². The highest BCUT2D eigenvalue weighted by Gasteiger charge is 2.23. The summed E-state index contributed by atoms with van der Waals surface area (Å²) in [5, 5.41) is 1.55. The summed E-state index contributed by atoms with van der Waals surface area (Å²) in [6.45, 7) is 6.17. The molecular formula is C6H16NO2S+. The van der Waals surface area contributed by atoms with E-state index in [0.29, 0.717) is 0 Å². The Labute approximate surface area is 63.6 Å². The van der Waals surface area contributed by atoms with Gasteiger partial charge in [0.05, 0.1) is 4.91 Å². The maximum atomic E-state index is 9.97. The quantitative estimate of drug-likeness (QED) is 0.606. The Morgan fingerprint density at radius 1 is 1.20 bits per heavy atom. The molecule has 0 unspecified atom stereocenters. The van der Waals surface area contributed by atoms with Gasteiger partial charge in [0, 0.05) is 17.3 Å². The van der Waals surface area contributed by atoms with Crippen LogP contribution in [-0.4, -0.2) is 17.3 Å². The van der Waals surface area contributed by atoms with Crippen LogP contribution in [0.5, 0.6) is 0 Å². The topological polar surface area (TPSA) is 40.3 Å². The molecule has 3 nitrogen and oxygen atoms in total. The van der Waals surface area contributed by atoms with Gasteiger partial charge in [-0.15, -0.1) is 0 Å². The molecule has 0 aromatic carbocycles. The Bertz CT molecular complexity index is 95.7. The third kappa shape index (κ3) is 2.17. The van der Waals surface area contributed by atoms with Crippen molar-refractivity contribution < 1.29 is 9.62 Å². The van der Waals surface area contributed by atoms with Crippen molar-refractivity contribution in [2.24, 2.45) is 0 Å². The van der Waals surface area contributed by atoms with Crippen molar-refractivity contribution in [3.63, 3.8) is 0 Å². The summed E-state index contributed by atoms with van der Waals surface area (Å²) in [7, 11) is -1.08. The molecule has 10 heavy (non-hydrogen) atoms. The minimum Gasteiger partial charge on any atom is -0.179 e. The Kier molecular flexibility index (Phi) is 4.43. The zero-order chi connectivity index (χ0) is 8.04. The van der Waals surface area contributed by atoms with E-state index in [0.717, 1.165) is 17.3 Å². The summed E-state index contributed by atoms with van der Waals surface area (Å²) in [5.74, 6) is 2.86. The number of hydrogen-bond donors (Lipinski definition) is 1. The first-order valence-electron chi connectivity index (χ1n) is 3.56. The highest BCUT2D eigenvalue weighted by atomic mass is 32.3. The van der Waals surface area contributed by atoms with Crippen LogP contribution in [0.3, 0.4) is 0 Å². The molecule has 0 atom stereocenters. The Morgan fingerprint density at radius 3 is 1.70 bits per heavy atom. The largest absolute Gasteiger partial charge is 0.212 e. The lowest BCUT2D eigenvalue weighted by atomic mass is 10.9. The highest BCUT2D eigenvalue weighted by Crippen LogP contribution is 2.45. The lowest BCUT2D eigenvalue weighted by Crippen LogP contribution is -2.63. The van der Waals surface area contributed by atoms with Crippen molar-refractivity contribution in [2.75, 3.05) is 17.3 Å². The zero-order valence-electron chi connectivity index (χ0n) is 6.85. The predicted molar refractivity (Wildman–Crippen MR) is 44.6 cm³/mol. The van der Waals surface area contributed by atoms with Gasteiger partial charge in [0.2, 0.25) is 5.34 Å². The zero-order valence-corrected chi connectivity index (χ0v) is 7.66. The first-order valence-corrected chi connectivity index (χ1v) is 5.63. The number of rotatable bonds is 5. The third-order valence-corrected chi connectivity index (χ3v) is 5.37. The van der Waals surface area contributed by atoms with E-state index < -0.39 is 10.3 Å². The monoisotopic (exact) mass is 166 g/mol. The molecule has 62 valence electrons. The molecule has 0 radical (unpaired) electrons. The maximum Gasteiger partial charge on any atom is 0.212 e. The molecule has 0 aliphatic rings. The van der Waals surface area contributed by atoms with Gasteiger partial charge in [0.1, 0.15) is 0 Å². The van der Waals surface area contributed by atoms with Gasteiger partial charge in [-0.25, -0.2) is 0 Å². The second-order valence-electron chi connectivity index (χ2n) is 2.00. The minimum absolute atomic E-state index is 0.954. The number of nitrogens with one attached hydrogen (secondary N) is 1. The van der Waals surface area contributed by atoms with Crippen LogP contribution in [0.25, 0.3) is 0 Å². The summed E-state index contributed by atoms with van der Waals surface area (Å²) < 4.78 is 4.95. The molecule has 0 saturated heterocycles. The second-order valence-corrected chi connectivity index (χ2v) is 5.83. The molecule has 0 saturated carbocycles. The first-order chi connectivity index (χ1) is 4.74. The molecule has 0 rings (SSSR count). The molecule has 0 aromatic rings. The van der Waals surface area contributed by atoms with Crippen LogP contribution in [0.2, 0.25) is 0 Å². The average molecular weight is 166 g/mol. The maximum absolute atomic E-state index is 9.97. The Hall–Kier alpha value is -0.250. The van der Waals surface area contributed by atoms with Crippen LogP contribution in [-0.2, 0) is 4.28 Å². The molecule has 0 amide bonds. The van der Waals surface area contributed by atoms with E-state index in [1.165, 1.54) is 0 Å². The molecule has 0 aliphatic carbocycles. The van der Waals surface area contributed by atoms with Crippen LogP contribution >= 0.6 is 10.3 Å². The molecule has 0 spiro atoms. The van der Waals surface area contributed by atoms with Gasteiger partial charge in [-0.1, -0.05) is 20.8 Å². The lowest BCUT2D eigenvalue weighted by Gasteiger charge is -2.27. The third-order valence-electron chi connectivity index (χ3n) is 1.79. The summed E-state index contributed by atoms with van der Waals surface area (Å²) in [6, 6.07) is 0. The van der Waals surface area contributed by atoms with Crippen LogP contribution in [0.4, 0.5) is 0 Å². The minimum atomic E-state index is -1.08. The Morgan fingerprint density at radius 2 is 1.60 bits per heavy atom. The van der Waals surface area contributed by atoms with Gasteiger partial charge in [0.25, 0.3) is 0 Å². The molecule has 1 N–H and O–H groups in total. The summed E-state index contributed by atoms with van der Waals surface area (Å²) >= 11 is 0. The normalized spacial score (nSPS) is 12.7. The first kappa shape index (κ1) is 9.75. The highest BCUT2D eigenvalue weighted by molar-refractivity contribution is 8.29. The fourth-order valence-corrected chi connectivity index (χ4v) is 2.58. The van der Waals surface area contributed by atoms with Gasteiger partial charge in [0.15, 0.2) is 0 Å². The van der Waals surface area contributed by atoms with E-state index in [9.17, 15) is 4.91 Å². The van der Waals surface area contributed by atoms with Gasteiger partial charge in [-0.05, 0) is 10.3 Å². The van der Waals surface area contributed by atoms with Crippen molar-refractivity contribution in [1.29, 1.82) is 0 Å². The fourth-order valence-electron chi connectivity index (χ4n) is 0.861. The molecule has 0 aromatic heterocycles. The average Bonchev–Trinajstić information content (AvgIpc) is 2.01. The van der Waals surface area contributed by atoms with E-state index in [2.05, 4.69) is 20.8 Å². The Balaban J connectivity index is 4.00. The molecular weight excluding hydrogens is 150 g/mol. The van der Waals surface area contributed by atoms with Crippen molar-refractivity contribution in [3.05, 3.63) is 4.91 Å². The molecule has 0 bridgehead atoms. The number of hydrogen-bond acceptors (Lipinski definition) is 2. The van der Waals surface area contributed by atoms with E-state index in [1.807, 2.05) is 0 Å². The van der Waals surface area contributed by atoms with E-state index in [-0.39, 0.29) is 0 Å². The van der Waals surface area contributed by atoms with Gasteiger partial charge < -0.3 is 0 Å². The van der Waals surface area contributed by atoms with Crippen molar-refractivity contribution in [3.8, 4) is 0 Å². The van der Waals surface area contributed by atoms with E-state index >= 15 is 0 Å². The molecule has 0 heterocycles. The van der Waals surface area contributed by atoms with E-state index in [1.54, 1.807) is 5.34 Å². The van der Waals surface area contributed by atoms with Crippen LogP contribution < -0.4 is 5.34 Å². The van der Waals surface area contributed by atoms with Crippen LogP contribution in [0, 0.1) is 4.91 Å². The van der Waals surface area contributed by atoms with Crippen molar-refractivity contribution in [2.45, 2.75) is 20.8 Å². The molecule has 0 fully saturated rings. The van der Waals surface area contributed by atoms with Crippen LogP contribution in [0.15, 0.2) is 0 Å². The van der Waals surface area contributed by atoms with E-state index in [4.69, 9.17) is 4.28 Å². The second kappa shape index (κ2) is 4.55. The molecule has 4 heteroatoms. The summed E-state index contributed by atoms with van der Waals surface area (Å²) in [5.41, 5.74) is 0. The smallest absolute Gasteiger partial charge is 0.179 e. The van der Waals surface area contributed by atoms with Gasteiger partial charge in [-0.2, -0.15) is 4.28 Å². The SMILES string of the molecule is CCS(CC)(CC)O[NH+]=O. The summed E-state index contributed by atoms with van der Waals surface area (Å²) in [6.07, 6.45) is 0. The summed E-state index contributed by atoms with van der Waals surface area (Å²) in [4.78, 5) is 9.97. The predicted octanol–water partition coefficient (Wildman–Crippen LogP) is 0.544. The van der Waals surface area contributed by atoms with Crippen LogP contribution in [0.1, 0.15) is 20.8 Å². The lowest BCUT2D eigenvalue weighted by molar-refractivity contribution is -0.721. The van der Waals surface area contributed by atoms with Gasteiger partial charge >= 0.3 is 0 Å². The van der Waals surface area contributed by atoms with Gasteiger partial charge in [-0.3, -0.25) is 0 Å². The van der Waals surface area contributed by atoms with Crippen molar-refractivity contribution in [1.82, 2.24) is 0 Å². The standard InChI is InChI=1S/C6H16NO2S/c1-4-10(5-2,6-3)9-7-8/h7H,4-6H2,1-3H3/q+1. The fraction of sp³-hybridized carbons (Fsp3) is 1.00. The molecule has 0 aliphatic heterocycles.